The van der Waals surface area contributed by atoms with E-state index in [2.05, 4.69) is 15.3 Å². The molecule has 6 nitrogen and oxygen atoms in total. The van der Waals surface area contributed by atoms with Gasteiger partial charge in [-0.2, -0.15) is 9.61 Å². The molecule has 0 N–H and O–H groups in total. The fraction of sp³-hybridized carbons (Fsp3) is 0.333. The van der Waals surface area contributed by atoms with Crippen LogP contribution in [0.1, 0.15) is 25.6 Å². The number of carbonyl (C=O) groups is 1. The van der Waals surface area contributed by atoms with Crippen molar-refractivity contribution in [2.45, 2.75) is 26.7 Å². The van der Waals surface area contributed by atoms with Crippen LogP contribution in [0, 0.1) is 12.8 Å². The van der Waals surface area contributed by atoms with Gasteiger partial charge in [0, 0.05) is 24.7 Å². The highest BCUT2D eigenvalue weighted by molar-refractivity contribution is 5.92. The van der Waals surface area contributed by atoms with Crippen molar-refractivity contribution in [3.8, 4) is 11.3 Å². The molecule has 0 radical (unpaired) electrons. The molecular weight excluding hydrogens is 302 g/mol. The van der Waals surface area contributed by atoms with E-state index in [9.17, 15) is 4.79 Å². The lowest BCUT2D eigenvalue weighted by Crippen LogP contribution is -2.30. The lowest BCUT2D eigenvalue weighted by atomic mass is 10.1. The Labute approximate surface area is 140 Å². The predicted molar refractivity (Wildman–Crippen MR) is 91.7 cm³/mol. The standard InChI is InChI=1S/C18H19N5O/c1-12-19-20-18-9-8-17(21-23(12)18)15-4-3-5-16(10-15)22(13(2)24)11-14-6-7-14/h3-5,8-10,14H,6-7,11H2,1-2H3. The number of anilines is 1. The molecule has 122 valence electrons. The van der Waals surface area contributed by atoms with Crippen LogP contribution in [0.2, 0.25) is 0 Å². The van der Waals surface area contributed by atoms with Gasteiger partial charge in [0.25, 0.3) is 0 Å². The molecule has 2 heterocycles. The van der Waals surface area contributed by atoms with Gasteiger partial charge in [-0.25, -0.2) is 0 Å². The molecule has 4 rings (SSSR count). The Morgan fingerprint density at radius 3 is 2.83 bits per heavy atom. The fourth-order valence-corrected chi connectivity index (χ4v) is 2.86. The van der Waals surface area contributed by atoms with Gasteiger partial charge in [0.2, 0.25) is 5.91 Å². The number of amides is 1. The quantitative estimate of drug-likeness (QED) is 0.741. The maximum Gasteiger partial charge on any atom is 0.223 e. The summed E-state index contributed by atoms with van der Waals surface area (Å²) in [5.74, 6) is 1.48. The molecule has 2 aromatic heterocycles. The molecule has 0 spiro atoms. The van der Waals surface area contributed by atoms with E-state index in [4.69, 9.17) is 0 Å². The number of nitrogens with zero attached hydrogens (tertiary/aromatic N) is 5. The second kappa shape index (κ2) is 5.70. The van der Waals surface area contributed by atoms with Crippen molar-refractivity contribution in [3.63, 3.8) is 0 Å². The minimum atomic E-state index is 0.0807. The van der Waals surface area contributed by atoms with Gasteiger partial charge in [-0.15, -0.1) is 10.2 Å². The first-order valence-electron chi connectivity index (χ1n) is 8.19. The maximum absolute atomic E-state index is 12.0. The van der Waals surface area contributed by atoms with Gasteiger partial charge in [0.1, 0.15) is 0 Å². The molecule has 1 aliphatic carbocycles. The van der Waals surface area contributed by atoms with E-state index in [0.29, 0.717) is 5.92 Å². The zero-order valence-electron chi connectivity index (χ0n) is 13.8. The summed E-state index contributed by atoms with van der Waals surface area (Å²) in [6, 6.07) is 11.8. The molecular formula is C18H19N5O. The smallest absolute Gasteiger partial charge is 0.223 e. The fourth-order valence-electron chi connectivity index (χ4n) is 2.86. The van der Waals surface area contributed by atoms with Crippen molar-refractivity contribution in [2.24, 2.45) is 5.92 Å². The molecule has 0 unspecified atom stereocenters. The number of fused-ring (bicyclic) bond motifs is 1. The van der Waals surface area contributed by atoms with Crippen LogP contribution < -0.4 is 4.90 Å². The Kier molecular flexibility index (Phi) is 3.52. The molecule has 3 aromatic rings. The average molecular weight is 321 g/mol. The molecule has 0 bridgehead atoms. The lowest BCUT2D eigenvalue weighted by Gasteiger charge is -2.21. The molecule has 0 saturated heterocycles. The summed E-state index contributed by atoms with van der Waals surface area (Å²) < 4.78 is 1.73. The number of benzene rings is 1. The number of aromatic nitrogens is 4. The molecule has 1 amide bonds. The normalized spacial score (nSPS) is 14.1. The van der Waals surface area contributed by atoms with Crippen molar-refractivity contribution in [2.75, 3.05) is 11.4 Å². The number of hydrogen-bond donors (Lipinski definition) is 0. The monoisotopic (exact) mass is 321 g/mol. The first-order chi connectivity index (χ1) is 11.6. The van der Waals surface area contributed by atoms with Crippen LogP contribution in [0.15, 0.2) is 36.4 Å². The summed E-state index contributed by atoms with van der Waals surface area (Å²) >= 11 is 0. The second-order valence-electron chi connectivity index (χ2n) is 6.36. The molecule has 0 atom stereocenters. The Morgan fingerprint density at radius 1 is 1.25 bits per heavy atom. The molecule has 1 aliphatic rings. The van der Waals surface area contributed by atoms with Crippen molar-refractivity contribution < 1.29 is 4.79 Å². The molecule has 6 heteroatoms. The van der Waals surface area contributed by atoms with Crippen molar-refractivity contribution in [1.29, 1.82) is 0 Å². The van der Waals surface area contributed by atoms with E-state index in [1.54, 1.807) is 11.4 Å². The topological polar surface area (TPSA) is 63.4 Å². The number of hydrogen-bond acceptors (Lipinski definition) is 4. The summed E-state index contributed by atoms with van der Waals surface area (Å²) in [7, 11) is 0. The zero-order chi connectivity index (χ0) is 16.7. The van der Waals surface area contributed by atoms with Crippen molar-refractivity contribution >= 4 is 17.2 Å². The van der Waals surface area contributed by atoms with Gasteiger partial charge in [-0.1, -0.05) is 12.1 Å². The number of aryl methyl sites for hydroxylation is 1. The molecule has 0 aliphatic heterocycles. The second-order valence-corrected chi connectivity index (χ2v) is 6.36. The van der Waals surface area contributed by atoms with E-state index in [1.165, 1.54) is 12.8 Å². The third-order valence-corrected chi connectivity index (χ3v) is 4.39. The average Bonchev–Trinajstić information content (AvgIpc) is 3.35. The Hall–Kier alpha value is -2.76. The summed E-state index contributed by atoms with van der Waals surface area (Å²) in [6.45, 7) is 4.30. The van der Waals surface area contributed by atoms with Crippen LogP contribution in [0.3, 0.4) is 0 Å². The lowest BCUT2D eigenvalue weighted by molar-refractivity contribution is -0.116. The third kappa shape index (κ3) is 2.75. The highest BCUT2D eigenvalue weighted by Gasteiger charge is 2.26. The third-order valence-electron chi connectivity index (χ3n) is 4.39. The molecule has 1 saturated carbocycles. The van der Waals surface area contributed by atoms with Crippen molar-refractivity contribution in [1.82, 2.24) is 19.8 Å². The van der Waals surface area contributed by atoms with Gasteiger partial charge >= 0.3 is 0 Å². The maximum atomic E-state index is 12.0. The van der Waals surface area contributed by atoms with Crippen LogP contribution in [-0.2, 0) is 4.79 Å². The van der Waals surface area contributed by atoms with E-state index in [1.807, 2.05) is 48.2 Å². The van der Waals surface area contributed by atoms with Crippen LogP contribution in [0.5, 0.6) is 0 Å². The van der Waals surface area contributed by atoms with Gasteiger partial charge < -0.3 is 4.90 Å². The first-order valence-corrected chi connectivity index (χ1v) is 8.19. The SMILES string of the molecule is CC(=O)N(CC1CC1)c1cccc(-c2ccc3nnc(C)n3n2)c1. The number of rotatable bonds is 4. The van der Waals surface area contributed by atoms with E-state index < -0.39 is 0 Å². The van der Waals surface area contributed by atoms with Crippen LogP contribution >= 0.6 is 0 Å². The predicted octanol–water partition coefficient (Wildman–Crippen LogP) is 2.86. The summed E-state index contributed by atoms with van der Waals surface area (Å²) in [5, 5.41) is 12.7. The Bertz CT molecular complexity index is 913. The van der Waals surface area contributed by atoms with Gasteiger partial charge in [0.05, 0.1) is 5.69 Å². The summed E-state index contributed by atoms with van der Waals surface area (Å²) in [5.41, 5.74) is 3.47. The van der Waals surface area contributed by atoms with Gasteiger partial charge in [-0.05, 0) is 49.9 Å². The minimum Gasteiger partial charge on any atom is -0.312 e. The van der Waals surface area contributed by atoms with Crippen LogP contribution in [0.25, 0.3) is 16.9 Å². The van der Waals surface area contributed by atoms with E-state index in [0.717, 1.165) is 35.0 Å². The largest absolute Gasteiger partial charge is 0.312 e. The highest BCUT2D eigenvalue weighted by Crippen LogP contribution is 2.32. The van der Waals surface area contributed by atoms with E-state index >= 15 is 0 Å². The summed E-state index contributed by atoms with van der Waals surface area (Å²) in [4.78, 5) is 13.9. The van der Waals surface area contributed by atoms with Gasteiger partial charge in [-0.3, -0.25) is 4.79 Å². The molecule has 24 heavy (non-hydrogen) atoms. The van der Waals surface area contributed by atoms with E-state index in [-0.39, 0.29) is 5.91 Å². The van der Waals surface area contributed by atoms with Crippen molar-refractivity contribution in [3.05, 3.63) is 42.2 Å². The molecule has 1 fully saturated rings. The first kappa shape index (κ1) is 14.8. The minimum absolute atomic E-state index is 0.0807. The molecule has 1 aromatic carbocycles. The van der Waals surface area contributed by atoms with Gasteiger partial charge in [0.15, 0.2) is 11.5 Å². The summed E-state index contributed by atoms with van der Waals surface area (Å²) in [6.07, 6.45) is 2.43. The highest BCUT2D eigenvalue weighted by atomic mass is 16.2. The van der Waals surface area contributed by atoms with Crippen LogP contribution in [-0.4, -0.2) is 32.3 Å². The zero-order valence-corrected chi connectivity index (χ0v) is 13.8. The Morgan fingerprint density at radius 2 is 2.08 bits per heavy atom. The Balaban J connectivity index is 1.72. The number of carbonyl (C=O) groups excluding carboxylic acids is 1. The van der Waals surface area contributed by atoms with Crippen LogP contribution in [0.4, 0.5) is 5.69 Å².